The van der Waals surface area contributed by atoms with Crippen molar-refractivity contribution in [2.24, 2.45) is 5.73 Å². The molecule has 4 heteroatoms. The molecule has 2 aromatic carbocycles. The molecule has 1 amide bonds. The standard InChI is InChI=1S/C21H25FN2O/c1-14-3-5-17(6-4-14)18-9-7-16(8-10-18)15(2)20(23)21(25)24-12-11-19(22)13-24/h3-10,15,19-20H,11-13,23H2,1-2H3/t15-,19-,20-/m0/s1. The lowest BCUT2D eigenvalue weighted by molar-refractivity contribution is -0.132. The fourth-order valence-electron chi connectivity index (χ4n) is 3.27. The van der Waals surface area contributed by atoms with Crippen molar-refractivity contribution in [2.45, 2.75) is 38.4 Å². The van der Waals surface area contributed by atoms with Gasteiger partial charge in [0, 0.05) is 12.5 Å². The van der Waals surface area contributed by atoms with Gasteiger partial charge in [-0.05, 0) is 30.0 Å². The smallest absolute Gasteiger partial charge is 0.240 e. The Kier molecular flexibility index (Phi) is 5.19. The lowest BCUT2D eigenvalue weighted by Gasteiger charge is -2.25. The molecular formula is C21H25FN2O. The minimum absolute atomic E-state index is 0.113. The van der Waals surface area contributed by atoms with Gasteiger partial charge in [0.25, 0.3) is 0 Å². The molecular weight excluding hydrogens is 315 g/mol. The molecule has 0 saturated carbocycles. The molecule has 0 spiro atoms. The van der Waals surface area contributed by atoms with Crippen molar-refractivity contribution in [3.63, 3.8) is 0 Å². The fourth-order valence-corrected chi connectivity index (χ4v) is 3.27. The number of halogens is 1. The summed E-state index contributed by atoms with van der Waals surface area (Å²) in [6.45, 7) is 4.66. The number of hydrogen-bond acceptors (Lipinski definition) is 2. The SMILES string of the molecule is Cc1ccc(-c2ccc([C@H](C)[C@H](N)C(=O)N3CC[C@H](F)C3)cc2)cc1. The molecule has 3 atom stereocenters. The highest BCUT2D eigenvalue weighted by molar-refractivity contribution is 5.83. The van der Waals surface area contributed by atoms with Gasteiger partial charge in [-0.1, -0.05) is 61.0 Å². The summed E-state index contributed by atoms with van der Waals surface area (Å²) in [5.41, 5.74) is 10.7. The van der Waals surface area contributed by atoms with Crippen LogP contribution in [0.1, 0.15) is 30.4 Å². The van der Waals surface area contributed by atoms with Crippen LogP contribution in [0, 0.1) is 6.92 Å². The molecule has 0 bridgehead atoms. The normalized spacial score (nSPS) is 19.7. The molecule has 1 fully saturated rings. The zero-order chi connectivity index (χ0) is 18.0. The highest BCUT2D eigenvalue weighted by atomic mass is 19.1. The van der Waals surface area contributed by atoms with Gasteiger partial charge in [0.1, 0.15) is 6.17 Å². The van der Waals surface area contributed by atoms with Gasteiger partial charge in [-0.25, -0.2) is 4.39 Å². The number of hydrogen-bond donors (Lipinski definition) is 1. The number of aryl methyl sites for hydroxylation is 1. The Bertz CT molecular complexity index is 727. The summed E-state index contributed by atoms with van der Waals surface area (Å²) in [6, 6.07) is 15.9. The Morgan fingerprint density at radius 2 is 1.68 bits per heavy atom. The van der Waals surface area contributed by atoms with E-state index in [0.29, 0.717) is 13.0 Å². The maximum Gasteiger partial charge on any atom is 0.240 e. The van der Waals surface area contributed by atoms with Gasteiger partial charge in [0.15, 0.2) is 0 Å². The Morgan fingerprint density at radius 3 is 2.20 bits per heavy atom. The van der Waals surface area contributed by atoms with Crippen molar-refractivity contribution in [1.82, 2.24) is 4.90 Å². The van der Waals surface area contributed by atoms with E-state index in [1.165, 1.54) is 5.56 Å². The molecule has 0 aromatic heterocycles. The van der Waals surface area contributed by atoms with Gasteiger partial charge < -0.3 is 10.6 Å². The lowest BCUT2D eigenvalue weighted by Crippen LogP contribution is -2.45. The molecule has 1 heterocycles. The molecule has 2 aromatic rings. The van der Waals surface area contributed by atoms with E-state index < -0.39 is 12.2 Å². The molecule has 1 aliphatic heterocycles. The summed E-state index contributed by atoms with van der Waals surface area (Å²) in [6.07, 6.45) is -0.502. The van der Waals surface area contributed by atoms with Crippen molar-refractivity contribution in [1.29, 1.82) is 0 Å². The average Bonchev–Trinajstić information content (AvgIpc) is 3.07. The number of rotatable bonds is 4. The molecule has 1 aliphatic rings. The van der Waals surface area contributed by atoms with Crippen LogP contribution in [0.3, 0.4) is 0 Å². The average molecular weight is 340 g/mol. The van der Waals surface area contributed by atoms with Gasteiger partial charge in [0.2, 0.25) is 5.91 Å². The lowest BCUT2D eigenvalue weighted by atomic mass is 9.91. The summed E-state index contributed by atoms with van der Waals surface area (Å²) in [4.78, 5) is 14.0. The quantitative estimate of drug-likeness (QED) is 0.923. The molecule has 0 radical (unpaired) electrons. The Morgan fingerprint density at radius 1 is 1.12 bits per heavy atom. The number of likely N-dealkylation sites (tertiary alicyclic amines) is 1. The highest BCUT2D eigenvalue weighted by Gasteiger charge is 2.31. The first kappa shape index (κ1) is 17.6. The monoisotopic (exact) mass is 340 g/mol. The maximum absolute atomic E-state index is 13.3. The van der Waals surface area contributed by atoms with Gasteiger partial charge in [-0.15, -0.1) is 0 Å². The van der Waals surface area contributed by atoms with Gasteiger partial charge in [-0.3, -0.25) is 4.79 Å². The van der Waals surface area contributed by atoms with Crippen LogP contribution in [0.5, 0.6) is 0 Å². The van der Waals surface area contributed by atoms with Crippen molar-refractivity contribution in [2.75, 3.05) is 13.1 Å². The first-order valence-electron chi connectivity index (χ1n) is 8.81. The van der Waals surface area contributed by atoms with Crippen LogP contribution < -0.4 is 5.73 Å². The third-order valence-electron chi connectivity index (χ3n) is 5.09. The number of benzene rings is 2. The maximum atomic E-state index is 13.3. The van der Waals surface area contributed by atoms with E-state index >= 15 is 0 Å². The van der Waals surface area contributed by atoms with E-state index in [0.717, 1.165) is 16.7 Å². The number of carbonyl (C=O) groups is 1. The number of carbonyl (C=O) groups excluding carboxylic acids is 1. The van der Waals surface area contributed by atoms with Crippen LogP contribution in [0.2, 0.25) is 0 Å². The Hall–Kier alpha value is -2.20. The predicted molar refractivity (Wildman–Crippen MR) is 99.1 cm³/mol. The number of alkyl halides is 1. The van der Waals surface area contributed by atoms with Crippen molar-refractivity contribution in [3.05, 3.63) is 59.7 Å². The molecule has 0 unspecified atom stereocenters. The van der Waals surface area contributed by atoms with Crippen molar-refractivity contribution < 1.29 is 9.18 Å². The van der Waals surface area contributed by atoms with Crippen LogP contribution in [-0.2, 0) is 4.79 Å². The van der Waals surface area contributed by atoms with Crippen LogP contribution in [0.15, 0.2) is 48.5 Å². The first-order valence-corrected chi connectivity index (χ1v) is 8.81. The first-order chi connectivity index (χ1) is 12.0. The van der Waals surface area contributed by atoms with E-state index in [4.69, 9.17) is 5.73 Å². The number of nitrogens with zero attached hydrogens (tertiary/aromatic N) is 1. The summed E-state index contributed by atoms with van der Waals surface area (Å²) < 4.78 is 13.3. The number of nitrogens with two attached hydrogens (primary N) is 1. The molecule has 1 saturated heterocycles. The van der Waals surface area contributed by atoms with E-state index in [9.17, 15) is 9.18 Å². The van der Waals surface area contributed by atoms with Crippen LogP contribution >= 0.6 is 0 Å². The summed E-state index contributed by atoms with van der Waals surface area (Å²) in [5.74, 6) is -0.270. The summed E-state index contributed by atoms with van der Waals surface area (Å²) in [5, 5.41) is 0. The number of amides is 1. The summed E-state index contributed by atoms with van der Waals surface area (Å²) >= 11 is 0. The minimum Gasteiger partial charge on any atom is -0.338 e. The molecule has 3 nitrogen and oxygen atoms in total. The molecule has 25 heavy (non-hydrogen) atoms. The van der Waals surface area contributed by atoms with E-state index in [-0.39, 0.29) is 18.4 Å². The van der Waals surface area contributed by atoms with Crippen molar-refractivity contribution >= 4 is 5.91 Å². The van der Waals surface area contributed by atoms with Crippen LogP contribution in [0.4, 0.5) is 4.39 Å². The molecule has 3 rings (SSSR count). The van der Waals surface area contributed by atoms with E-state index in [1.54, 1.807) is 4.90 Å². The zero-order valence-electron chi connectivity index (χ0n) is 14.8. The third kappa shape index (κ3) is 3.90. The molecule has 0 aliphatic carbocycles. The summed E-state index contributed by atoms with van der Waals surface area (Å²) in [7, 11) is 0. The predicted octanol–water partition coefficient (Wildman–Crippen LogP) is 3.66. The third-order valence-corrected chi connectivity index (χ3v) is 5.09. The van der Waals surface area contributed by atoms with E-state index in [2.05, 4.69) is 43.3 Å². The van der Waals surface area contributed by atoms with Crippen molar-refractivity contribution in [3.8, 4) is 11.1 Å². The Labute approximate surface area is 148 Å². The fraction of sp³-hybridized carbons (Fsp3) is 0.381. The van der Waals surface area contributed by atoms with Gasteiger partial charge in [-0.2, -0.15) is 0 Å². The van der Waals surface area contributed by atoms with E-state index in [1.807, 2.05) is 19.1 Å². The van der Waals surface area contributed by atoms with Gasteiger partial charge >= 0.3 is 0 Å². The zero-order valence-corrected chi connectivity index (χ0v) is 14.8. The Balaban J connectivity index is 1.70. The van der Waals surface area contributed by atoms with Gasteiger partial charge in [0.05, 0.1) is 12.6 Å². The second-order valence-corrected chi connectivity index (χ2v) is 6.97. The molecule has 2 N–H and O–H groups in total. The van der Waals surface area contributed by atoms with Crippen LogP contribution in [-0.4, -0.2) is 36.1 Å². The highest BCUT2D eigenvalue weighted by Crippen LogP contribution is 2.25. The topological polar surface area (TPSA) is 46.3 Å². The largest absolute Gasteiger partial charge is 0.338 e. The minimum atomic E-state index is -0.916. The second kappa shape index (κ2) is 7.36. The second-order valence-electron chi connectivity index (χ2n) is 6.97. The van der Waals surface area contributed by atoms with Crippen LogP contribution in [0.25, 0.3) is 11.1 Å². The molecule has 132 valence electrons.